The zero-order chi connectivity index (χ0) is 13.7. The second-order valence-corrected chi connectivity index (χ2v) is 4.33. The highest BCUT2D eigenvalue weighted by atomic mass is 16.5. The molecule has 0 radical (unpaired) electrons. The molecule has 0 spiro atoms. The molecule has 0 saturated carbocycles. The number of rotatable bonds is 3. The van der Waals surface area contributed by atoms with Gasteiger partial charge in [0.2, 0.25) is 5.78 Å². The fourth-order valence-electron chi connectivity index (χ4n) is 2.02. The van der Waals surface area contributed by atoms with Gasteiger partial charge < -0.3 is 14.4 Å². The maximum absolute atomic E-state index is 12.1. The van der Waals surface area contributed by atoms with Crippen molar-refractivity contribution in [1.82, 2.24) is 4.90 Å². The molecule has 0 amide bonds. The molecule has 1 aromatic carbocycles. The van der Waals surface area contributed by atoms with Crippen molar-refractivity contribution in [1.29, 1.82) is 0 Å². The van der Waals surface area contributed by atoms with Gasteiger partial charge in [0.15, 0.2) is 0 Å². The number of benzene rings is 1. The van der Waals surface area contributed by atoms with E-state index in [0.717, 1.165) is 25.9 Å². The number of hydrogen-bond donors (Lipinski definition) is 0. The predicted octanol–water partition coefficient (Wildman–Crippen LogP) is 1.94. The monoisotopic (exact) mass is 259 g/mol. The number of Topliss-reactive ketones (excluding diaryl/α,β-unsaturated/α-hetero) is 1. The van der Waals surface area contributed by atoms with Crippen molar-refractivity contribution in [3.8, 4) is 23.5 Å². The lowest BCUT2D eigenvalue weighted by Gasteiger charge is -2.08. The van der Waals surface area contributed by atoms with Crippen molar-refractivity contribution in [2.75, 3.05) is 27.3 Å². The van der Waals surface area contributed by atoms with E-state index in [1.54, 1.807) is 25.3 Å². The summed E-state index contributed by atoms with van der Waals surface area (Å²) >= 11 is 0. The highest BCUT2D eigenvalue weighted by molar-refractivity contribution is 6.11. The first-order chi connectivity index (χ1) is 9.24. The molecule has 0 N–H and O–H groups in total. The van der Waals surface area contributed by atoms with Gasteiger partial charge in [-0.3, -0.25) is 4.79 Å². The Morgan fingerprint density at radius 2 is 1.95 bits per heavy atom. The molecule has 0 bridgehead atoms. The van der Waals surface area contributed by atoms with E-state index in [1.807, 2.05) is 4.90 Å². The minimum absolute atomic E-state index is 0.248. The van der Waals surface area contributed by atoms with Gasteiger partial charge in [-0.1, -0.05) is 0 Å². The molecule has 19 heavy (non-hydrogen) atoms. The topological polar surface area (TPSA) is 38.8 Å². The number of carbonyl (C=O) groups excluding carboxylic acids is 1. The van der Waals surface area contributed by atoms with E-state index in [-0.39, 0.29) is 5.78 Å². The van der Waals surface area contributed by atoms with E-state index in [9.17, 15) is 4.79 Å². The van der Waals surface area contributed by atoms with Gasteiger partial charge in [0, 0.05) is 25.1 Å². The van der Waals surface area contributed by atoms with Gasteiger partial charge in [-0.05, 0) is 31.0 Å². The highest BCUT2D eigenvalue weighted by Gasteiger charge is 2.12. The van der Waals surface area contributed by atoms with Crippen LogP contribution >= 0.6 is 0 Å². The molecule has 4 nitrogen and oxygen atoms in total. The molecule has 1 saturated heterocycles. The third kappa shape index (κ3) is 3.19. The van der Waals surface area contributed by atoms with Crippen LogP contribution in [-0.2, 0) is 0 Å². The number of nitrogens with zero attached hydrogens (tertiary/aromatic N) is 1. The number of ether oxygens (including phenoxy) is 2. The summed E-state index contributed by atoms with van der Waals surface area (Å²) in [6, 6.07) is 8.02. The summed E-state index contributed by atoms with van der Waals surface area (Å²) in [7, 11) is 3.10. The molecule has 0 aliphatic carbocycles. The quantitative estimate of drug-likeness (QED) is 0.614. The van der Waals surface area contributed by atoms with Crippen molar-refractivity contribution >= 4 is 5.78 Å². The maximum atomic E-state index is 12.1. The molecule has 100 valence electrons. The van der Waals surface area contributed by atoms with Crippen LogP contribution in [-0.4, -0.2) is 38.0 Å². The molecule has 1 aliphatic heterocycles. The van der Waals surface area contributed by atoms with Crippen molar-refractivity contribution in [3.63, 3.8) is 0 Å². The van der Waals surface area contributed by atoms with E-state index in [4.69, 9.17) is 9.47 Å². The van der Waals surface area contributed by atoms with Crippen molar-refractivity contribution in [3.05, 3.63) is 23.8 Å². The van der Waals surface area contributed by atoms with Crippen molar-refractivity contribution in [2.24, 2.45) is 0 Å². The highest BCUT2D eigenvalue weighted by Crippen LogP contribution is 2.24. The summed E-state index contributed by atoms with van der Waals surface area (Å²) in [5.41, 5.74) is 0.438. The second-order valence-electron chi connectivity index (χ2n) is 4.33. The minimum atomic E-state index is -0.248. The van der Waals surface area contributed by atoms with E-state index in [2.05, 4.69) is 12.0 Å². The lowest BCUT2D eigenvalue weighted by Crippen LogP contribution is -2.12. The van der Waals surface area contributed by atoms with Crippen LogP contribution in [0.1, 0.15) is 23.2 Å². The van der Waals surface area contributed by atoms with E-state index in [0.29, 0.717) is 17.1 Å². The Morgan fingerprint density at radius 1 is 1.21 bits per heavy atom. The normalized spacial score (nSPS) is 13.7. The van der Waals surface area contributed by atoms with Gasteiger partial charge in [-0.15, -0.1) is 0 Å². The molecule has 0 unspecified atom stereocenters. The zero-order valence-electron chi connectivity index (χ0n) is 11.2. The third-order valence-corrected chi connectivity index (χ3v) is 3.08. The first-order valence-corrected chi connectivity index (χ1v) is 6.27. The summed E-state index contributed by atoms with van der Waals surface area (Å²) in [5.74, 6) is 3.55. The first kappa shape index (κ1) is 13.3. The van der Waals surface area contributed by atoms with Crippen molar-refractivity contribution < 1.29 is 14.3 Å². The van der Waals surface area contributed by atoms with Crippen LogP contribution in [0.3, 0.4) is 0 Å². The van der Waals surface area contributed by atoms with E-state index >= 15 is 0 Å². The Balaban J connectivity index is 2.21. The number of likely N-dealkylation sites (tertiary alicyclic amines) is 1. The van der Waals surface area contributed by atoms with Gasteiger partial charge in [0.25, 0.3) is 0 Å². The summed E-state index contributed by atoms with van der Waals surface area (Å²) < 4.78 is 10.3. The summed E-state index contributed by atoms with van der Waals surface area (Å²) in [4.78, 5) is 14.1. The van der Waals surface area contributed by atoms with Gasteiger partial charge in [0.05, 0.1) is 19.8 Å². The van der Waals surface area contributed by atoms with Crippen LogP contribution in [0.15, 0.2) is 18.2 Å². The average molecular weight is 259 g/mol. The van der Waals surface area contributed by atoms with Crippen LogP contribution in [0, 0.1) is 12.0 Å². The fourth-order valence-corrected chi connectivity index (χ4v) is 2.02. The Kier molecular flexibility index (Phi) is 4.30. The Morgan fingerprint density at radius 3 is 2.58 bits per heavy atom. The molecule has 1 aliphatic rings. The lowest BCUT2D eigenvalue weighted by atomic mass is 10.1. The third-order valence-electron chi connectivity index (χ3n) is 3.08. The van der Waals surface area contributed by atoms with Crippen LogP contribution in [0.2, 0.25) is 0 Å². The maximum Gasteiger partial charge on any atom is 0.241 e. The number of methoxy groups -OCH3 is 2. The SMILES string of the molecule is COc1ccc(OC)c(C(=O)C#CN2CCCC2)c1. The minimum Gasteiger partial charge on any atom is -0.497 e. The molecule has 4 heteroatoms. The van der Waals surface area contributed by atoms with E-state index in [1.165, 1.54) is 7.11 Å². The number of ketones is 1. The number of carbonyl (C=O) groups is 1. The van der Waals surface area contributed by atoms with Gasteiger partial charge in [-0.25, -0.2) is 0 Å². The standard InChI is InChI=1S/C15H17NO3/c1-18-12-5-6-15(19-2)13(11-12)14(17)7-10-16-8-3-4-9-16/h5-6,11H,3-4,8-9H2,1-2H3. The lowest BCUT2D eigenvalue weighted by molar-refractivity contribution is 0.105. The van der Waals surface area contributed by atoms with Crippen LogP contribution in [0.5, 0.6) is 11.5 Å². The zero-order valence-corrected chi connectivity index (χ0v) is 11.2. The molecule has 1 aromatic rings. The summed E-state index contributed by atoms with van der Waals surface area (Å²) in [6.45, 7) is 1.88. The molecule has 0 atom stereocenters. The van der Waals surface area contributed by atoms with Crippen molar-refractivity contribution in [2.45, 2.75) is 12.8 Å². The first-order valence-electron chi connectivity index (χ1n) is 6.27. The second kappa shape index (κ2) is 6.14. The Labute approximate surface area is 113 Å². The van der Waals surface area contributed by atoms with Crippen LogP contribution in [0.25, 0.3) is 0 Å². The molecule has 1 heterocycles. The molecular formula is C15H17NO3. The van der Waals surface area contributed by atoms with Gasteiger partial charge in [0.1, 0.15) is 11.5 Å². The largest absolute Gasteiger partial charge is 0.497 e. The molecule has 2 rings (SSSR count). The molecular weight excluding hydrogens is 242 g/mol. The smallest absolute Gasteiger partial charge is 0.241 e. The fraction of sp³-hybridized carbons (Fsp3) is 0.400. The van der Waals surface area contributed by atoms with Crippen LogP contribution < -0.4 is 9.47 Å². The predicted molar refractivity (Wildman–Crippen MR) is 72.5 cm³/mol. The number of hydrogen-bond acceptors (Lipinski definition) is 4. The molecule has 1 fully saturated rings. The van der Waals surface area contributed by atoms with Gasteiger partial charge in [-0.2, -0.15) is 0 Å². The average Bonchev–Trinajstić information content (AvgIpc) is 2.97. The van der Waals surface area contributed by atoms with Gasteiger partial charge >= 0.3 is 0 Å². The summed E-state index contributed by atoms with van der Waals surface area (Å²) in [5, 5.41) is 0. The van der Waals surface area contributed by atoms with E-state index < -0.39 is 0 Å². The Bertz CT molecular complexity index is 522. The summed E-state index contributed by atoms with van der Waals surface area (Å²) in [6.07, 6.45) is 2.29. The Hall–Kier alpha value is -2.15. The molecule has 0 aromatic heterocycles. The van der Waals surface area contributed by atoms with Crippen LogP contribution in [0.4, 0.5) is 0 Å².